The van der Waals surface area contributed by atoms with Gasteiger partial charge < -0.3 is 13.9 Å². The van der Waals surface area contributed by atoms with Crippen LogP contribution in [0.25, 0.3) is 0 Å². The van der Waals surface area contributed by atoms with E-state index in [-0.39, 0.29) is 23.8 Å². The lowest BCUT2D eigenvalue weighted by atomic mass is 10.1. The van der Waals surface area contributed by atoms with E-state index < -0.39 is 5.97 Å². The molecule has 1 amide bonds. The molecule has 7 heteroatoms. The van der Waals surface area contributed by atoms with Crippen LogP contribution in [0, 0.1) is 0 Å². The number of amides is 1. The molecular formula is C21H18N2O5. The Labute approximate surface area is 161 Å². The number of carbonyl (C=O) groups excluding carboxylic acids is 2. The highest BCUT2D eigenvalue weighted by atomic mass is 16.6. The van der Waals surface area contributed by atoms with E-state index >= 15 is 0 Å². The molecule has 3 aromatic rings. The number of rotatable bonds is 7. The molecule has 142 valence electrons. The molecule has 0 fully saturated rings. The van der Waals surface area contributed by atoms with Crippen LogP contribution in [-0.4, -0.2) is 25.2 Å². The first kappa shape index (κ1) is 18.9. The molecule has 0 atom stereocenters. The number of hydrazone groups is 1. The largest absolute Gasteiger partial charge is 0.493 e. The summed E-state index contributed by atoms with van der Waals surface area (Å²) in [5.74, 6) is -0.168. The number of esters is 1. The lowest BCUT2D eigenvalue weighted by Gasteiger charge is -2.09. The summed E-state index contributed by atoms with van der Waals surface area (Å²) in [5, 5.41) is 3.94. The van der Waals surface area contributed by atoms with Crippen LogP contribution in [0.3, 0.4) is 0 Å². The Kier molecular flexibility index (Phi) is 6.20. The molecule has 1 aromatic heterocycles. The molecule has 7 nitrogen and oxygen atoms in total. The first-order valence-electron chi connectivity index (χ1n) is 8.45. The first-order valence-corrected chi connectivity index (χ1v) is 8.45. The van der Waals surface area contributed by atoms with Crippen LogP contribution >= 0.6 is 0 Å². The molecule has 0 aliphatic carbocycles. The summed E-state index contributed by atoms with van der Waals surface area (Å²) >= 11 is 0. The Hall–Kier alpha value is -3.87. The van der Waals surface area contributed by atoms with Crippen molar-refractivity contribution in [3.05, 3.63) is 83.8 Å². The van der Waals surface area contributed by atoms with Crippen molar-refractivity contribution >= 4 is 18.1 Å². The number of furan rings is 1. The second kappa shape index (κ2) is 9.18. The second-order valence-electron chi connectivity index (χ2n) is 5.73. The number of hydrogen-bond acceptors (Lipinski definition) is 6. The van der Waals surface area contributed by atoms with Crippen LogP contribution in [0.5, 0.6) is 11.5 Å². The van der Waals surface area contributed by atoms with E-state index in [1.54, 1.807) is 24.3 Å². The quantitative estimate of drug-likeness (QED) is 0.295. The van der Waals surface area contributed by atoms with Gasteiger partial charge in [-0.25, -0.2) is 10.2 Å². The lowest BCUT2D eigenvalue weighted by molar-refractivity contribution is -0.120. The van der Waals surface area contributed by atoms with Crippen molar-refractivity contribution in [3.8, 4) is 11.5 Å². The fourth-order valence-corrected chi connectivity index (χ4v) is 2.39. The van der Waals surface area contributed by atoms with Crippen LogP contribution in [0.2, 0.25) is 0 Å². The SMILES string of the molecule is COc1cc(/C=N/NC(=O)Cc2ccccc2)ccc1OC(=O)c1ccco1. The molecule has 1 heterocycles. The number of ether oxygens (including phenoxy) is 2. The van der Waals surface area contributed by atoms with Gasteiger partial charge in [-0.1, -0.05) is 30.3 Å². The summed E-state index contributed by atoms with van der Waals surface area (Å²) < 4.78 is 15.5. The van der Waals surface area contributed by atoms with Gasteiger partial charge in [-0.2, -0.15) is 5.10 Å². The highest BCUT2D eigenvalue weighted by Gasteiger charge is 2.14. The molecule has 28 heavy (non-hydrogen) atoms. The standard InChI is InChI=1S/C21H18N2O5/c1-26-19-12-16(9-10-17(19)28-21(25)18-8-5-11-27-18)14-22-23-20(24)13-15-6-3-2-4-7-15/h2-12,14H,13H2,1H3,(H,23,24)/b22-14+. The third-order valence-corrected chi connectivity index (χ3v) is 3.72. The zero-order valence-electron chi connectivity index (χ0n) is 15.1. The molecule has 1 N–H and O–H groups in total. The maximum absolute atomic E-state index is 12.0. The number of nitrogens with zero attached hydrogens (tertiary/aromatic N) is 1. The molecule has 0 unspecified atom stereocenters. The molecule has 0 aliphatic rings. The van der Waals surface area contributed by atoms with Crippen LogP contribution in [0.1, 0.15) is 21.7 Å². The number of carbonyl (C=O) groups is 2. The number of methoxy groups -OCH3 is 1. The van der Waals surface area contributed by atoms with E-state index in [1.807, 2.05) is 30.3 Å². The Morgan fingerprint density at radius 1 is 1.07 bits per heavy atom. The first-order chi connectivity index (χ1) is 13.7. The minimum absolute atomic E-state index is 0.0915. The van der Waals surface area contributed by atoms with E-state index in [9.17, 15) is 9.59 Å². The third kappa shape index (κ3) is 5.07. The van der Waals surface area contributed by atoms with Gasteiger partial charge in [0.1, 0.15) is 0 Å². The van der Waals surface area contributed by atoms with Gasteiger partial charge >= 0.3 is 5.97 Å². The predicted molar refractivity (Wildman–Crippen MR) is 103 cm³/mol. The monoisotopic (exact) mass is 378 g/mol. The van der Waals surface area contributed by atoms with Gasteiger partial charge in [-0.3, -0.25) is 4.79 Å². The molecule has 0 saturated carbocycles. The van der Waals surface area contributed by atoms with Crippen molar-refractivity contribution < 1.29 is 23.5 Å². The number of nitrogens with one attached hydrogen (secondary N) is 1. The minimum atomic E-state index is -0.627. The lowest BCUT2D eigenvalue weighted by Crippen LogP contribution is -2.19. The topological polar surface area (TPSA) is 90.1 Å². The average Bonchev–Trinajstić information content (AvgIpc) is 3.25. The minimum Gasteiger partial charge on any atom is -0.493 e. The molecule has 3 rings (SSSR count). The van der Waals surface area contributed by atoms with Crippen LogP contribution in [-0.2, 0) is 11.2 Å². The van der Waals surface area contributed by atoms with Gasteiger partial charge in [-0.05, 0) is 41.5 Å². The highest BCUT2D eigenvalue weighted by Crippen LogP contribution is 2.28. The number of hydrogen-bond donors (Lipinski definition) is 1. The molecule has 0 bridgehead atoms. The summed E-state index contributed by atoms with van der Waals surface area (Å²) in [4.78, 5) is 23.9. The van der Waals surface area contributed by atoms with Gasteiger partial charge in [0, 0.05) is 0 Å². The average molecular weight is 378 g/mol. The molecule has 0 saturated heterocycles. The Morgan fingerprint density at radius 2 is 1.89 bits per heavy atom. The van der Waals surface area contributed by atoms with E-state index in [4.69, 9.17) is 13.9 Å². The van der Waals surface area contributed by atoms with Crippen molar-refractivity contribution in [1.29, 1.82) is 0 Å². The fraction of sp³-hybridized carbons (Fsp3) is 0.0952. The van der Waals surface area contributed by atoms with Gasteiger partial charge in [0.15, 0.2) is 11.5 Å². The zero-order chi connectivity index (χ0) is 19.8. The van der Waals surface area contributed by atoms with Crippen LogP contribution in [0.15, 0.2) is 76.4 Å². The van der Waals surface area contributed by atoms with Gasteiger partial charge in [-0.15, -0.1) is 0 Å². The zero-order valence-corrected chi connectivity index (χ0v) is 15.1. The summed E-state index contributed by atoms with van der Waals surface area (Å²) in [6.45, 7) is 0. The maximum Gasteiger partial charge on any atom is 0.379 e. The number of benzene rings is 2. The van der Waals surface area contributed by atoms with Crippen molar-refractivity contribution in [3.63, 3.8) is 0 Å². The Morgan fingerprint density at radius 3 is 2.61 bits per heavy atom. The van der Waals surface area contributed by atoms with Crippen molar-refractivity contribution in [2.24, 2.45) is 5.10 Å². The fourth-order valence-electron chi connectivity index (χ4n) is 2.39. The summed E-state index contributed by atoms with van der Waals surface area (Å²) in [6.07, 6.45) is 3.10. The van der Waals surface area contributed by atoms with E-state index in [0.717, 1.165) is 5.56 Å². The Balaban J connectivity index is 1.60. The normalized spacial score (nSPS) is 10.6. The summed E-state index contributed by atoms with van der Waals surface area (Å²) in [7, 11) is 1.46. The molecule has 0 aliphatic heterocycles. The third-order valence-electron chi connectivity index (χ3n) is 3.72. The smallest absolute Gasteiger partial charge is 0.379 e. The highest BCUT2D eigenvalue weighted by molar-refractivity contribution is 5.89. The van der Waals surface area contributed by atoms with Crippen LogP contribution < -0.4 is 14.9 Å². The van der Waals surface area contributed by atoms with Gasteiger partial charge in [0.25, 0.3) is 0 Å². The van der Waals surface area contributed by atoms with Crippen molar-refractivity contribution in [2.45, 2.75) is 6.42 Å². The molecule has 2 aromatic carbocycles. The molecule has 0 radical (unpaired) electrons. The van der Waals surface area contributed by atoms with E-state index in [2.05, 4.69) is 10.5 Å². The Bertz CT molecular complexity index is 966. The maximum atomic E-state index is 12.0. The summed E-state index contributed by atoms with van der Waals surface area (Å²) in [6, 6.07) is 17.4. The molecular weight excluding hydrogens is 360 g/mol. The summed E-state index contributed by atoms with van der Waals surface area (Å²) in [5.41, 5.74) is 4.04. The van der Waals surface area contributed by atoms with Gasteiger partial charge in [0.05, 0.1) is 26.0 Å². The van der Waals surface area contributed by atoms with E-state index in [1.165, 1.54) is 25.7 Å². The van der Waals surface area contributed by atoms with Crippen molar-refractivity contribution in [1.82, 2.24) is 5.43 Å². The van der Waals surface area contributed by atoms with E-state index in [0.29, 0.717) is 11.3 Å². The van der Waals surface area contributed by atoms with Gasteiger partial charge in [0.2, 0.25) is 11.7 Å². The van der Waals surface area contributed by atoms with Crippen molar-refractivity contribution in [2.75, 3.05) is 7.11 Å². The van der Waals surface area contributed by atoms with Crippen LogP contribution in [0.4, 0.5) is 0 Å². The predicted octanol–water partition coefficient (Wildman–Crippen LogP) is 3.20. The molecule has 0 spiro atoms. The second-order valence-corrected chi connectivity index (χ2v) is 5.73.